The van der Waals surface area contributed by atoms with Crippen molar-refractivity contribution in [1.82, 2.24) is 25.0 Å². The predicted molar refractivity (Wildman–Crippen MR) is 109 cm³/mol. The molecule has 7 nitrogen and oxygen atoms in total. The van der Waals surface area contributed by atoms with E-state index in [9.17, 15) is 4.79 Å². The zero-order valence-electron chi connectivity index (χ0n) is 16.3. The van der Waals surface area contributed by atoms with Gasteiger partial charge in [-0.2, -0.15) is 0 Å². The number of benzene rings is 1. The molecule has 1 aromatic heterocycles. The number of carbonyl (C=O) groups is 1. The van der Waals surface area contributed by atoms with Crippen LogP contribution >= 0.6 is 12.4 Å². The minimum absolute atomic E-state index is 0. The van der Waals surface area contributed by atoms with Crippen LogP contribution in [0.15, 0.2) is 24.3 Å². The first-order valence-corrected chi connectivity index (χ1v) is 9.87. The molecule has 0 atom stereocenters. The number of halogens is 1. The van der Waals surface area contributed by atoms with Crippen LogP contribution < -0.4 is 10.1 Å². The summed E-state index contributed by atoms with van der Waals surface area (Å²) < 4.78 is 7.92. The SMILES string of the molecule is CCc1ccc(OCC(=O)N2CCC(c3nnc4n3CCNC4)CC2)cc1.Cl. The van der Waals surface area contributed by atoms with E-state index in [2.05, 4.69) is 27.0 Å². The second-order valence-electron chi connectivity index (χ2n) is 7.24. The summed E-state index contributed by atoms with van der Waals surface area (Å²) in [6.45, 7) is 6.41. The van der Waals surface area contributed by atoms with Crippen molar-refractivity contribution >= 4 is 18.3 Å². The first-order valence-electron chi connectivity index (χ1n) is 9.87. The first kappa shape index (κ1) is 20.6. The molecule has 0 unspecified atom stereocenters. The van der Waals surface area contributed by atoms with Crippen LogP contribution in [0.1, 0.15) is 42.9 Å². The van der Waals surface area contributed by atoms with Gasteiger partial charge in [-0.05, 0) is 37.0 Å². The summed E-state index contributed by atoms with van der Waals surface area (Å²) in [5.74, 6) is 3.30. The quantitative estimate of drug-likeness (QED) is 0.825. The van der Waals surface area contributed by atoms with Crippen LogP contribution in [0.2, 0.25) is 0 Å². The number of likely N-dealkylation sites (tertiary alicyclic amines) is 1. The molecule has 0 aliphatic carbocycles. The Kier molecular flexibility index (Phi) is 6.91. The number of aryl methyl sites for hydroxylation is 1. The predicted octanol–water partition coefficient (Wildman–Crippen LogP) is 2.15. The fourth-order valence-electron chi connectivity index (χ4n) is 3.86. The van der Waals surface area contributed by atoms with Crippen molar-refractivity contribution in [3.63, 3.8) is 0 Å². The van der Waals surface area contributed by atoms with Gasteiger partial charge < -0.3 is 19.5 Å². The summed E-state index contributed by atoms with van der Waals surface area (Å²) in [5, 5.41) is 12.1. The maximum atomic E-state index is 12.5. The number of carbonyl (C=O) groups excluding carboxylic acids is 1. The number of amides is 1. The number of ether oxygens (including phenoxy) is 1. The topological polar surface area (TPSA) is 72.3 Å². The highest BCUT2D eigenvalue weighted by molar-refractivity contribution is 5.85. The van der Waals surface area contributed by atoms with Crippen LogP contribution in [-0.4, -0.2) is 51.8 Å². The lowest BCUT2D eigenvalue weighted by atomic mass is 9.95. The molecule has 0 bridgehead atoms. The Labute approximate surface area is 171 Å². The van der Waals surface area contributed by atoms with Crippen LogP contribution in [0.3, 0.4) is 0 Å². The fourth-order valence-corrected chi connectivity index (χ4v) is 3.86. The van der Waals surface area contributed by atoms with Crippen LogP contribution in [0.5, 0.6) is 5.75 Å². The minimum atomic E-state index is 0. The lowest BCUT2D eigenvalue weighted by Crippen LogP contribution is -2.41. The molecule has 4 rings (SSSR count). The summed E-state index contributed by atoms with van der Waals surface area (Å²) in [7, 11) is 0. The molecule has 1 N–H and O–H groups in total. The summed E-state index contributed by atoms with van der Waals surface area (Å²) in [4.78, 5) is 14.4. The van der Waals surface area contributed by atoms with E-state index in [1.807, 2.05) is 29.2 Å². The monoisotopic (exact) mass is 405 g/mol. The molecule has 1 fully saturated rings. The van der Waals surface area contributed by atoms with Gasteiger partial charge in [-0.1, -0.05) is 19.1 Å². The standard InChI is InChI=1S/C20H27N5O2.ClH/c1-2-15-3-5-17(6-4-15)27-14-19(26)24-10-7-16(8-11-24)20-23-22-18-13-21-9-12-25(18)20;/h3-6,16,21H,2,7-14H2,1H3;1H. The Morgan fingerprint density at radius 1 is 1.18 bits per heavy atom. The number of nitrogens with zero attached hydrogens (tertiary/aromatic N) is 4. The number of piperidine rings is 1. The van der Waals surface area contributed by atoms with Crippen molar-refractivity contribution in [2.75, 3.05) is 26.2 Å². The van der Waals surface area contributed by atoms with Gasteiger partial charge in [0.25, 0.3) is 5.91 Å². The molecule has 0 spiro atoms. The minimum Gasteiger partial charge on any atom is -0.484 e. The van der Waals surface area contributed by atoms with Crippen LogP contribution in [0.4, 0.5) is 0 Å². The van der Waals surface area contributed by atoms with Gasteiger partial charge in [0.2, 0.25) is 0 Å². The van der Waals surface area contributed by atoms with E-state index < -0.39 is 0 Å². The molecule has 1 saturated heterocycles. The van der Waals surface area contributed by atoms with E-state index >= 15 is 0 Å². The highest BCUT2D eigenvalue weighted by Crippen LogP contribution is 2.28. The molecule has 28 heavy (non-hydrogen) atoms. The Hall–Kier alpha value is -2.12. The molecule has 152 valence electrons. The number of fused-ring (bicyclic) bond motifs is 1. The number of rotatable bonds is 5. The smallest absolute Gasteiger partial charge is 0.260 e. The largest absolute Gasteiger partial charge is 0.484 e. The second kappa shape index (κ2) is 9.39. The average Bonchev–Trinajstić information content (AvgIpc) is 3.16. The van der Waals surface area contributed by atoms with Gasteiger partial charge in [0, 0.05) is 32.1 Å². The summed E-state index contributed by atoms with van der Waals surface area (Å²) in [6, 6.07) is 7.95. The Morgan fingerprint density at radius 3 is 2.64 bits per heavy atom. The van der Waals surface area contributed by atoms with Crippen molar-refractivity contribution in [2.45, 2.75) is 45.2 Å². The maximum absolute atomic E-state index is 12.5. The van der Waals surface area contributed by atoms with E-state index in [0.29, 0.717) is 5.92 Å². The molecule has 1 amide bonds. The van der Waals surface area contributed by atoms with Gasteiger partial charge in [-0.15, -0.1) is 22.6 Å². The Morgan fingerprint density at radius 2 is 1.93 bits per heavy atom. The molecule has 3 heterocycles. The molecule has 0 saturated carbocycles. The summed E-state index contributed by atoms with van der Waals surface area (Å²) in [6.07, 6.45) is 2.87. The molecular formula is C20H28ClN5O2. The van der Waals surface area contributed by atoms with Gasteiger partial charge in [-0.25, -0.2) is 0 Å². The van der Waals surface area contributed by atoms with Crippen LogP contribution in [0, 0.1) is 0 Å². The summed E-state index contributed by atoms with van der Waals surface area (Å²) in [5.41, 5.74) is 1.27. The zero-order valence-corrected chi connectivity index (χ0v) is 17.1. The molecule has 2 aliphatic rings. The average molecular weight is 406 g/mol. The Bertz CT molecular complexity index is 784. The Balaban J connectivity index is 0.00000225. The van der Waals surface area contributed by atoms with Gasteiger partial charge in [-0.3, -0.25) is 4.79 Å². The molecule has 8 heteroatoms. The van der Waals surface area contributed by atoms with Crippen molar-refractivity contribution in [3.05, 3.63) is 41.5 Å². The van der Waals surface area contributed by atoms with E-state index in [-0.39, 0.29) is 24.9 Å². The third-order valence-corrected chi connectivity index (χ3v) is 5.56. The second-order valence-corrected chi connectivity index (χ2v) is 7.24. The highest BCUT2D eigenvalue weighted by Gasteiger charge is 2.28. The number of hydrogen-bond acceptors (Lipinski definition) is 5. The van der Waals surface area contributed by atoms with E-state index in [1.54, 1.807) is 0 Å². The summed E-state index contributed by atoms with van der Waals surface area (Å²) >= 11 is 0. The van der Waals surface area contributed by atoms with Crippen LogP contribution in [-0.2, 0) is 24.3 Å². The van der Waals surface area contributed by atoms with Gasteiger partial charge in [0.15, 0.2) is 6.61 Å². The van der Waals surface area contributed by atoms with E-state index in [1.165, 1.54) is 5.56 Å². The normalized spacial score (nSPS) is 17.0. The number of aromatic nitrogens is 3. The molecular weight excluding hydrogens is 378 g/mol. The third kappa shape index (κ3) is 4.47. The van der Waals surface area contributed by atoms with Gasteiger partial charge >= 0.3 is 0 Å². The van der Waals surface area contributed by atoms with E-state index in [4.69, 9.17) is 4.74 Å². The first-order chi connectivity index (χ1) is 13.2. The van der Waals surface area contributed by atoms with Crippen LogP contribution in [0.25, 0.3) is 0 Å². The molecule has 0 radical (unpaired) electrons. The fraction of sp³-hybridized carbons (Fsp3) is 0.550. The molecule has 2 aliphatic heterocycles. The lowest BCUT2D eigenvalue weighted by Gasteiger charge is -2.32. The number of nitrogens with one attached hydrogen (secondary N) is 1. The van der Waals surface area contributed by atoms with Gasteiger partial charge in [0.05, 0.1) is 6.54 Å². The van der Waals surface area contributed by atoms with Crippen molar-refractivity contribution in [1.29, 1.82) is 0 Å². The van der Waals surface area contributed by atoms with Crippen molar-refractivity contribution < 1.29 is 9.53 Å². The maximum Gasteiger partial charge on any atom is 0.260 e. The molecule has 1 aromatic carbocycles. The number of hydrogen-bond donors (Lipinski definition) is 1. The van der Waals surface area contributed by atoms with Crippen molar-refractivity contribution in [3.8, 4) is 5.75 Å². The van der Waals surface area contributed by atoms with Gasteiger partial charge in [0.1, 0.15) is 17.4 Å². The van der Waals surface area contributed by atoms with Crippen molar-refractivity contribution in [2.24, 2.45) is 0 Å². The molecule has 2 aromatic rings. The third-order valence-electron chi connectivity index (χ3n) is 5.56. The lowest BCUT2D eigenvalue weighted by molar-refractivity contribution is -0.134. The van der Waals surface area contributed by atoms with E-state index in [0.717, 1.165) is 69.4 Å². The zero-order chi connectivity index (χ0) is 18.6. The highest BCUT2D eigenvalue weighted by atomic mass is 35.5.